The van der Waals surface area contributed by atoms with Gasteiger partial charge < -0.3 is 9.72 Å². The van der Waals surface area contributed by atoms with Crippen molar-refractivity contribution in [1.82, 2.24) is 4.98 Å². The van der Waals surface area contributed by atoms with Crippen LogP contribution in [0.1, 0.15) is 31.4 Å². The molecule has 0 bridgehead atoms. The molecule has 0 saturated heterocycles. The zero-order chi connectivity index (χ0) is 23.4. The lowest BCUT2D eigenvalue weighted by Gasteiger charge is -2.08. The van der Waals surface area contributed by atoms with Crippen LogP contribution in [-0.4, -0.2) is 39.4 Å². The second-order valence-electron chi connectivity index (χ2n) is 6.56. The van der Waals surface area contributed by atoms with E-state index in [2.05, 4.69) is 47.9 Å². The molecule has 0 aliphatic rings. The average molecular weight is 443 g/mol. The Balaban J connectivity index is 0.000000367. The number of rotatable bonds is 8. The molecule has 3 N–H and O–H groups in total. The predicted octanol–water partition coefficient (Wildman–Crippen LogP) is 5.41. The largest absolute Gasteiger partial charge is 0.481 e. The third-order valence-corrected chi connectivity index (χ3v) is 4.71. The van der Waals surface area contributed by atoms with Crippen molar-refractivity contribution in [1.29, 1.82) is 5.41 Å². The van der Waals surface area contributed by atoms with E-state index in [0.29, 0.717) is 17.1 Å². The zero-order valence-corrected chi connectivity index (χ0v) is 19.2. The number of allylic oxidation sites excluding steroid dienone is 3. The Kier molecular flexibility index (Phi) is 10.2. The minimum atomic E-state index is -3.13. The molecule has 0 atom stereocenters. The molecule has 7 nitrogen and oxygen atoms in total. The third-order valence-electron chi connectivity index (χ3n) is 4.11. The summed E-state index contributed by atoms with van der Waals surface area (Å²) in [5.74, 6) is 0.773. The molecule has 0 spiro atoms. The number of hydrogen-bond acceptors (Lipinski definition) is 5. The summed E-state index contributed by atoms with van der Waals surface area (Å²) >= 11 is 0. The minimum Gasteiger partial charge on any atom is -0.481 e. The SMILES string of the molecule is C=C/C=C(\C(=N)OC)c1c[nH]c(N=C)c1/C=C(\C)CC.CS(=O)(=O)Nc1ccccc1. The van der Waals surface area contributed by atoms with Gasteiger partial charge in [0.05, 0.1) is 13.4 Å². The first-order chi connectivity index (χ1) is 14.7. The molecule has 2 rings (SSSR count). The number of ether oxygens (including phenoxy) is 1. The quantitative estimate of drug-likeness (QED) is 0.289. The molecule has 166 valence electrons. The first kappa shape index (κ1) is 25.6. The van der Waals surface area contributed by atoms with Crippen LogP contribution in [0.25, 0.3) is 11.6 Å². The maximum absolute atomic E-state index is 10.7. The van der Waals surface area contributed by atoms with Crippen molar-refractivity contribution in [3.63, 3.8) is 0 Å². The standard InChI is InChI=1S/C16H21N3O.C7H9NO2S/c1-6-8-12(15(17)20-5)14-10-19-16(18-4)13(14)9-11(3)7-2;1-11(9,10)8-7-5-3-2-4-6-7/h6,8-10,17,19H,1,4,7H2,2-3,5H3;2-6,8H,1H3/b11-9+,12-8-,17-15?;. The topological polar surface area (TPSA) is 107 Å². The molecule has 1 heterocycles. The molecule has 0 unspecified atom stereocenters. The lowest BCUT2D eigenvalue weighted by Crippen LogP contribution is -2.08. The van der Waals surface area contributed by atoms with Gasteiger partial charge in [-0.25, -0.2) is 13.4 Å². The number of aromatic nitrogens is 1. The highest BCUT2D eigenvalue weighted by Crippen LogP contribution is 2.31. The van der Waals surface area contributed by atoms with E-state index in [1.807, 2.05) is 12.3 Å². The van der Waals surface area contributed by atoms with Gasteiger partial charge in [0.1, 0.15) is 5.82 Å². The van der Waals surface area contributed by atoms with Crippen molar-refractivity contribution >= 4 is 45.8 Å². The Morgan fingerprint density at radius 3 is 2.45 bits per heavy atom. The molecule has 0 saturated carbocycles. The Hall–Kier alpha value is -3.39. The highest BCUT2D eigenvalue weighted by molar-refractivity contribution is 7.92. The summed E-state index contributed by atoms with van der Waals surface area (Å²) < 4.78 is 28.8. The molecule has 1 aromatic heterocycles. The summed E-state index contributed by atoms with van der Waals surface area (Å²) in [5.41, 5.74) is 4.23. The number of anilines is 1. The van der Waals surface area contributed by atoms with Crippen LogP contribution in [0.5, 0.6) is 0 Å². The van der Waals surface area contributed by atoms with Crippen molar-refractivity contribution in [2.75, 3.05) is 18.1 Å². The van der Waals surface area contributed by atoms with Gasteiger partial charge in [0.15, 0.2) is 0 Å². The molecule has 0 aliphatic carbocycles. The Labute approximate surface area is 184 Å². The van der Waals surface area contributed by atoms with Crippen molar-refractivity contribution < 1.29 is 13.2 Å². The number of H-pyrrole nitrogens is 1. The lowest BCUT2D eigenvalue weighted by atomic mass is 10.0. The van der Waals surface area contributed by atoms with Crippen molar-refractivity contribution in [2.45, 2.75) is 20.3 Å². The van der Waals surface area contributed by atoms with Crippen LogP contribution in [0.15, 0.2) is 65.8 Å². The van der Waals surface area contributed by atoms with E-state index < -0.39 is 10.0 Å². The number of aliphatic imine (C=N–C) groups is 1. The normalized spacial score (nSPS) is 11.7. The van der Waals surface area contributed by atoms with Crippen LogP contribution >= 0.6 is 0 Å². The predicted molar refractivity (Wildman–Crippen MR) is 132 cm³/mol. The smallest absolute Gasteiger partial charge is 0.229 e. The molecule has 0 fully saturated rings. The van der Waals surface area contributed by atoms with Crippen molar-refractivity contribution in [2.24, 2.45) is 4.99 Å². The van der Waals surface area contributed by atoms with Gasteiger partial charge in [-0.15, -0.1) is 0 Å². The van der Waals surface area contributed by atoms with Gasteiger partial charge in [0.25, 0.3) is 0 Å². The van der Waals surface area contributed by atoms with Gasteiger partial charge in [-0.3, -0.25) is 10.1 Å². The summed E-state index contributed by atoms with van der Waals surface area (Å²) in [6, 6.07) is 8.76. The summed E-state index contributed by atoms with van der Waals surface area (Å²) in [6.45, 7) is 11.4. The molecule has 1 aromatic carbocycles. The van der Waals surface area contributed by atoms with Crippen LogP contribution in [0.4, 0.5) is 11.5 Å². The van der Waals surface area contributed by atoms with Crippen LogP contribution in [-0.2, 0) is 14.8 Å². The fraction of sp³-hybridized carbons (Fsp3) is 0.217. The highest BCUT2D eigenvalue weighted by Gasteiger charge is 2.16. The summed E-state index contributed by atoms with van der Waals surface area (Å²) in [7, 11) is -1.65. The lowest BCUT2D eigenvalue weighted by molar-refractivity contribution is 0.405. The summed E-state index contributed by atoms with van der Waals surface area (Å²) in [5, 5.41) is 7.91. The number of para-hydroxylation sites is 1. The van der Waals surface area contributed by atoms with Crippen LogP contribution in [0.3, 0.4) is 0 Å². The van der Waals surface area contributed by atoms with E-state index in [1.165, 1.54) is 12.7 Å². The number of benzene rings is 1. The maximum Gasteiger partial charge on any atom is 0.229 e. The van der Waals surface area contributed by atoms with Crippen LogP contribution in [0.2, 0.25) is 0 Å². The molecule has 0 amide bonds. The second kappa shape index (κ2) is 12.3. The van der Waals surface area contributed by atoms with E-state index >= 15 is 0 Å². The molecule has 0 radical (unpaired) electrons. The number of methoxy groups -OCH3 is 1. The van der Waals surface area contributed by atoms with Gasteiger partial charge in [0, 0.05) is 28.6 Å². The minimum absolute atomic E-state index is 0.0864. The molecular formula is C23H30N4O3S. The first-order valence-corrected chi connectivity index (χ1v) is 11.4. The molecular weight excluding hydrogens is 412 g/mol. The number of nitrogens with one attached hydrogen (secondary N) is 3. The molecule has 2 aromatic rings. The number of nitrogens with zero attached hydrogens (tertiary/aromatic N) is 1. The van der Waals surface area contributed by atoms with E-state index in [9.17, 15) is 8.42 Å². The average Bonchev–Trinajstić information content (AvgIpc) is 3.13. The number of aromatic amines is 1. The summed E-state index contributed by atoms with van der Waals surface area (Å²) in [6.07, 6.45) is 9.32. The first-order valence-electron chi connectivity index (χ1n) is 9.50. The summed E-state index contributed by atoms with van der Waals surface area (Å²) in [4.78, 5) is 7.06. The monoisotopic (exact) mass is 442 g/mol. The Morgan fingerprint density at radius 2 is 1.97 bits per heavy atom. The van der Waals surface area contributed by atoms with Crippen LogP contribution in [0, 0.1) is 5.41 Å². The van der Waals surface area contributed by atoms with E-state index in [4.69, 9.17) is 10.1 Å². The van der Waals surface area contributed by atoms with E-state index in [-0.39, 0.29) is 5.90 Å². The number of hydrogen-bond donors (Lipinski definition) is 3. The zero-order valence-electron chi connectivity index (χ0n) is 18.4. The van der Waals surface area contributed by atoms with Gasteiger partial charge in [-0.2, -0.15) is 0 Å². The van der Waals surface area contributed by atoms with Gasteiger partial charge in [-0.1, -0.05) is 49.4 Å². The van der Waals surface area contributed by atoms with Gasteiger partial charge in [0.2, 0.25) is 15.9 Å². The maximum atomic E-state index is 10.7. The highest BCUT2D eigenvalue weighted by atomic mass is 32.2. The van der Waals surface area contributed by atoms with Crippen molar-refractivity contribution in [3.8, 4) is 0 Å². The van der Waals surface area contributed by atoms with Gasteiger partial charge >= 0.3 is 0 Å². The number of sulfonamides is 1. The van der Waals surface area contributed by atoms with Gasteiger partial charge in [-0.05, 0) is 38.3 Å². The Bertz CT molecular complexity index is 1070. The Morgan fingerprint density at radius 1 is 1.32 bits per heavy atom. The van der Waals surface area contributed by atoms with Crippen molar-refractivity contribution in [3.05, 3.63) is 72.0 Å². The molecule has 0 aliphatic heterocycles. The fourth-order valence-electron chi connectivity index (χ4n) is 2.51. The fourth-order valence-corrected chi connectivity index (χ4v) is 3.07. The molecule has 31 heavy (non-hydrogen) atoms. The second-order valence-corrected chi connectivity index (χ2v) is 8.30. The van der Waals surface area contributed by atoms with E-state index in [0.717, 1.165) is 23.8 Å². The van der Waals surface area contributed by atoms with E-state index in [1.54, 1.807) is 36.4 Å². The molecule has 8 heteroatoms. The third kappa shape index (κ3) is 8.47. The van der Waals surface area contributed by atoms with Crippen LogP contribution < -0.4 is 4.72 Å².